The average molecular weight is 263 g/mol. The van der Waals surface area contributed by atoms with Crippen LogP contribution in [0.4, 0.5) is 0 Å². The third kappa shape index (κ3) is 3.07. The van der Waals surface area contributed by atoms with E-state index in [9.17, 15) is 9.90 Å². The monoisotopic (exact) mass is 263 g/mol. The number of carbonyl (C=O) groups is 1. The summed E-state index contributed by atoms with van der Waals surface area (Å²) in [7, 11) is 0. The third-order valence-corrected chi connectivity index (χ3v) is 3.70. The lowest BCUT2D eigenvalue weighted by molar-refractivity contribution is -0.156. The van der Waals surface area contributed by atoms with Crippen molar-refractivity contribution in [3.8, 4) is 5.75 Å². The van der Waals surface area contributed by atoms with E-state index in [-0.39, 0.29) is 11.7 Å². The Balaban J connectivity index is 2.23. The standard InChI is InChI=1S/C15H21NO3/c1-2-19-14(18)15(8-5-9-16-11-15)10-12-6-3-4-7-13(12)17/h3-4,6-7,16-17H,2,5,8-11H2,1H3. The summed E-state index contributed by atoms with van der Waals surface area (Å²) in [4.78, 5) is 12.3. The molecule has 1 aromatic carbocycles. The van der Waals surface area contributed by atoms with Gasteiger partial charge in [0.15, 0.2) is 0 Å². The van der Waals surface area contributed by atoms with Crippen molar-refractivity contribution in [2.45, 2.75) is 26.2 Å². The van der Waals surface area contributed by atoms with Gasteiger partial charge >= 0.3 is 5.97 Å². The van der Waals surface area contributed by atoms with Crippen LogP contribution in [0.3, 0.4) is 0 Å². The maximum atomic E-state index is 12.3. The summed E-state index contributed by atoms with van der Waals surface area (Å²) in [6, 6.07) is 7.19. The fourth-order valence-corrected chi connectivity index (χ4v) is 2.67. The number of hydrogen-bond acceptors (Lipinski definition) is 4. The molecule has 0 aromatic heterocycles. The first-order valence-corrected chi connectivity index (χ1v) is 6.83. The van der Waals surface area contributed by atoms with Gasteiger partial charge in [0.25, 0.3) is 0 Å². The quantitative estimate of drug-likeness (QED) is 0.814. The zero-order chi connectivity index (χ0) is 13.7. The van der Waals surface area contributed by atoms with Gasteiger partial charge in [-0.1, -0.05) is 18.2 Å². The minimum Gasteiger partial charge on any atom is -0.508 e. The highest BCUT2D eigenvalue weighted by atomic mass is 16.5. The molecular weight excluding hydrogens is 242 g/mol. The van der Waals surface area contributed by atoms with E-state index in [1.165, 1.54) is 0 Å². The normalized spacial score (nSPS) is 23.0. The number of ether oxygens (including phenoxy) is 1. The average Bonchev–Trinajstić information content (AvgIpc) is 2.43. The van der Waals surface area contributed by atoms with Crippen LogP contribution in [-0.4, -0.2) is 30.8 Å². The van der Waals surface area contributed by atoms with Gasteiger partial charge in [-0.25, -0.2) is 0 Å². The Kier molecular flexibility index (Phi) is 4.43. The number of para-hydroxylation sites is 1. The molecule has 1 aromatic rings. The third-order valence-electron chi connectivity index (χ3n) is 3.70. The Labute approximate surface area is 113 Å². The summed E-state index contributed by atoms with van der Waals surface area (Å²) in [6.45, 7) is 3.76. The van der Waals surface area contributed by atoms with Gasteiger partial charge in [-0.15, -0.1) is 0 Å². The molecule has 4 heteroatoms. The van der Waals surface area contributed by atoms with Gasteiger partial charge in [-0.2, -0.15) is 0 Å². The predicted molar refractivity (Wildman–Crippen MR) is 73.0 cm³/mol. The highest BCUT2D eigenvalue weighted by Gasteiger charge is 2.41. The molecule has 19 heavy (non-hydrogen) atoms. The van der Waals surface area contributed by atoms with E-state index in [1.807, 2.05) is 19.1 Å². The number of carbonyl (C=O) groups excluding carboxylic acids is 1. The van der Waals surface area contributed by atoms with Crippen molar-refractivity contribution >= 4 is 5.97 Å². The summed E-state index contributed by atoms with van der Waals surface area (Å²) in [5, 5.41) is 13.2. The van der Waals surface area contributed by atoms with Crippen LogP contribution in [0, 0.1) is 5.41 Å². The highest BCUT2D eigenvalue weighted by molar-refractivity contribution is 5.78. The lowest BCUT2D eigenvalue weighted by atomic mass is 9.75. The largest absolute Gasteiger partial charge is 0.508 e. The summed E-state index contributed by atoms with van der Waals surface area (Å²) in [5.74, 6) is 0.0854. The Morgan fingerprint density at radius 1 is 1.47 bits per heavy atom. The first-order valence-electron chi connectivity index (χ1n) is 6.83. The molecule has 1 heterocycles. The molecule has 2 rings (SSSR count). The van der Waals surface area contributed by atoms with Gasteiger partial charge in [0.1, 0.15) is 5.75 Å². The van der Waals surface area contributed by atoms with Crippen molar-refractivity contribution < 1.29 is 14.6 Å². The number of esters is 1. The van der Waals surface area contributed by atoms with E-state index < -0.39 is 5.41 Å². The molecule has 4 nitrogen and oxygen atoms in total. The summed E-state index contributed by atoms with van der Waals surface area (Å²) < 4.78 is 5.24. The number of aromatic hydroxyl groups is 1. The molecule has 0 radical (unpaired) electrons. The summed E-state index contributed by atoms with van der Waals surface area (Å²) in [6.07, 6.45) is 2.27. The molecule has 0 amide bonds. The zero-order valence-electron chi connectivity index (χ0n) is 11.3. The van der Waals surface area contributed by atoms with Crippen LogP contribution in [0.1, 0.15) is 25.3 Å². The van der Waals surface area contributed by atoms with Crippen molar-refractivity contribution in [3.05, 3.63) is 29.8 Å². The summed E-state index contributed by atoms with van der Waals surface area (Å²) in [5.41, 5.74) is 0.256. The molecule has 1 atom stereocenters. The maximum Gasteiger partial charge on any atom is 0.313 e. The van der Waals surface area contributed by atoms with Gasteiger partial charge in [-0.05, 0) is 44.4 Å². The Bertz CT molecular complexity index is 439. The van der Waals surface area contributed by atoms with Gasteiger partial charge in [0.2, 0.25) is 0 Å². The Morgan fingerprint density at radius 2 is 2.26 bits per heavy atom. The van der Waals surface area contributed by atoms with E-state index in [4.69, 9.17) is 4.74 Å². The molecule has 0 spiro atoms. The van der Waals surface area contributed by atoms with Crippen LogP contribution in [0.25, 0.3) is 0 Å². The topological polar surface area (TPSA) is 58.6 Å². The SMILES string of the molecule is CCOC(=O)C1(Cc2ccccc2O)CCCNC1. The first kappa shape index (κ1) is 13.9. The second kappa shape index (κ2) is 6.06. The highest BCUT2D eigenvalue weighted by Crippen LogP contribution is 2.34. The molecule has 2 N–H and O–H groups in total. The van der Waals surface area contributed by atoms with Crippen molar-refractivity contribution in [3.63, 3.8) is 0 Å². The minimum atomic E-state index is -0.549. The molecule has 1 fully saturated rings. The van der Waals surface area contributed by atoms with Gasteiger partial charge < -0.3 is 15.2 Å². The second-order valence-electron chi connectivity index (χ2n) is 5.09. The second-order valence-corrected chi connectivity index (χ2v) is 5.09. The molecule has 1 aliphatic rings. The Hall–Kier alpha value is -1.55. The lowest BCUT2D eigenvalue weighted by Gasteiger charge is -2.35. The molecule has 0 bridgehead atoms. The van der Waals surface area contributed by atoms with Gasteiger partial charge in [0, 0.05) is 6.54 Å². The number of phenolic OH excluding ortho intramolecular Hbond substituents is 1. The molecule has 1 saturated heterocycles. The molecular formula is C15H21NO3. The van der Waals surface area contributed by atoms with Crippen molar-refractivity contribution in [1.29, 1.82) is 0 Å². The smallest absolute Gasteiger partial charge is 0.313 e. The van der Waals surface area contributed by atoms with Gasteiger partial charge in [0.05, 0.1) is 12.0 Å². The zero-order valence-corrected chi connectivity index (χ0v) is 11.3. The van der Waals surface area contributed by atoms with Crippen LogP contribution in [-0.2, 0) is 16.0 Å². The molecule has 0 saturated carbocycles. The van der Waals surface area contributed by atoms with Crippen LogP contribution in [0.2, 0.25) is 0 Å². The van der Waals surface area contributed by atoms with Crippen LogP contribution in [0.5, 0.6) is 5.75 Å². The van der Waals surface area contributed by atoms with Gasteiger partial charge in [-0.3, -0.25) is 4.79 Å². The Morgan fingerprint density at radius 3 is 2.89 bits per heavy atom. The number of hydrogen-bond donors (Lipinski definition) is 2. The molecule has 1 unspecified atom stereocenters. The summed E-state index contributed by atoms with van der Waals surface area (Å²) >= 11 is 0. The van der Waals surface area contributed by atoms with E-state index in [1.54, 1.807) is 12.1 Å². The van der Waals surface area contributed by atoms with E-state index >= 15 is 0 Å². The van der Waals surface area contributed by atoms with Crippen LogP contribution < -0.4 is 5.32 Å². The lowest BCUT2D eigenvalue weighted by Crippen LogP contribution is -2.47. The number of rotatable bonds is 4. The van der Waals surface area contributed by atoms with Crippen molar-refractivity contribution in [2.75, 3.05) is 19.7 Å². The van der Waals surface area contributed by atoms with E-state index in [0.717, 1.165) is 24.9 Å². The van der Waals surface area contributed by atoms with E-state index in [0.29, 0.717) is 19.6 Å². The number of piperidine rings is 1. The maximum absolute atomic E-state index is 12.3. The minimum absolute atomic E-state index is 0.162. The van der Waals surface area contributed by atoms with E-state index in [2.05, 4.69) is 5.32 Å². The van der Waals surface area contributed by atoms with Crippen LogP contribution in [0.15, 0.2) is 24.3 Å². The fourth-order valence-electron chi connectivity index (χ4n) is 2.67. The molecule has 104 valence electrons. The number of benzene rings is 1. The molecule has 0 aliphatic carbocycles. The van der Waals surface area contributed by atoms with Crippen molar-refractivity contribution in [1.82, 2.24) is 5.32 Å². The predicted octanol–water partition coefficient (Wildman–Crippen LogP) is 1.87. The van der Waals surface area contributed by atoms with Crippen LogP contribution >= 0.6 is 0 Å². The number of phenols is 1. The van der Waals surface area contributed by atoms with Crippen molar-refractivity contribution in [2.24, 2.45) is 5.41 Å². The number of nitrogens with one attached hydrogen (secondary N) is 1. The molecule has 1 aliphatic heterocycles. The fraction of sp³-hybridized carbons (Fsp3) is 0.533. The first-order chi connectivity index (χ1) is 9.18.